The van der Waals surface area contributed by atoms with Crippen LogP contribution in [-0.2, 0) is 5.75 Å². The molecular weight excluding hydrogens is 371 g/mol. The van der Waals surface area contributed by atoms with E-state index in [0.717, 1.165) is 5.75 Å². The normalized spacial score (nSPS) is 19.6. The number of nitrogens with one attached hydrogen (secondary N) is 1. The number of nitrogens with zero attached hydrogens (tertiary/aromatic N) is 1. The largest absolute Gasteiger partial charge is 0.362 e. The number of amidine groups is 1. The summed E-state index contributed by atoms with van der Waals surface area (Å²) in [5.41, 5.74) is 1.39. The standard InChI is InChI=1S/C20H30N2S.2ClH/c1-4-10-17(11-5-1)16-23-20(21-18-12-6-2-7-13-18)22-19-14-8-3-9-15-19;;/h1,4-5,10-11,18-19H,2-3,6-9,12-16H2,(H,21,22);2*1H. The molecule has 1 aromatic carbocycles. The molecule has 0 amide bonds. The lowest BCUT2D eigenvalue weighted by Crippen LogP contribution is -2.35. The molecule has 1 N–H and O–H groups in total. The molecule has 25 heavy (non-hydrogen) atoms. The van der Waals surface area contributed by atoms with Gasteiger partial charge in [0.1, 0.15) is 0 Å². The Morgan fingerprint density at radius 2 is 1.48 bits per heavy atom. The van der Waals surface area contributed by atoms with Gasteiger partial charge < -0.3 is 5.32 Å². The van der Waals surface area contributed by atoms with Crippen LogP contribution in [0.2, 0.25) is 0 Å². The van der Waals surface area contributed by atoms with E-state index in [1.54, 1.807) is 0 Å². The van der Waals surface area contributed by atoms with Crippen molar-refractivity contribution in [3.63, 3.8) is 0 Å². The molecule has 0 atom stereocenters. The highest BCUT2D eigenvalue weighted by atomic mass is 35.5. The summed E-state index contributed by atoms with van der Waals surface area (Å²) >= 11 is 1.90. The molecule has 2 aliphatic rings. The third-order valence-electron chi connectivity index (χ3n) is 5.03. The highest BCUT2D eigenvalue weighted by Gasteiger charge is 2.18. The summed E-state index contributed by atoms with van der Waals surface area (Å²) in [6.07, 6.45) is 13.4. The van der Waals surface area contributed by atoms with Gasteiger partial charge in [-0.3, -0.25) is 4.99 Å². The van der Waals surface area contributed by atoms with E-state index in [1.807, 2.05) is 11.8 Å². The zero-order valence-corrected chi connectivity index (χ0v) is 17.4. The molecule has 2 saturated carbocycles. The Morgan fingerprint density at radius 3 is 2.12 bits per heavy atom. The second-order valence-electron chi connectivity index (χ2n) is 6.98. The Labute approximate surface area is 169 Å². The van der Waals surface area contributed by atoms with E-state index < -0.39 is 0 Å². The van der Waals surface area contributed by atoms with E-state index in [9.17, 15) is 0 Å². The molecule has 2 aliphatic carbocycles. The monoisotopic (exact) mass is 402 g/mol. The predicted octanol–water partition coefficient (Wildman–Crippen LogP) is 6.37. The first-order valence-corrected chi connectivity index (χ1v) is 10.4. The van der Waals surface area contributed by atoms with Crippen molar-refractivity contribution in [1.29, 1.82) is 0 Å². The van der Waals surface area contributed by atoms with Crippen LogP contribution in [0.3, 0.4) is 0 Å². The average molecular weight is 403 g/mol. The van der Waals surface area contributed by atoms with E-state index in [0.29, 0.717) is 12.1 Å². The van der Waals surface area contributed by atoms with Crippen molar-refractivity contribution in [2.24, 2.45) is 4.99 Å². The molecule has 2 nitrogen and oxygen atoms in total. The van der Waals surface area contributed by atoms with Gasteiger partial charge in [0.2, 0.25) is 0 Å². The molecular formula is C20H32Cl2N2S. The fourth-order valence-corrected chi connectivity index (χ4v) is 4.61. The van der Waals surface area contributed by atoms with Gasteiger partial charge in [0.25, 0.3) is 0 Å². The summed E-state index contributed by atoms with van der Waals surface area (Å²) in [7, 11) is 0. The maximum Gasteiger partial charge on any atom is 0.157 e. The molecule has 0 spiro atoms. The van der Waals surface area contributed by atoms with Gasteiger partial charge in [-0.25, -0.2) is 0 Å². The summed E-state index contributed by atoms with van der Waals surface area (Å²) in [6.45, 7) is 0. The molecule has 0 radical (unpaired) electrons. The van der Waals surface area contributed by atoms with Gasteiger partial charge in [0.05, 0.1) is 6.04 Å². The number of aliphatic imine (C=N–C) groups is 1. The van der Waals surface area contributed by atoms with E-state index in [-0.39, 0.29) is 24.8 Å². The Hall–Kier alpha value is -0.380. The zero-order chi connectivity index (χ0) is 15.7. The molecule has 0 saturated heterocycles. The number of halogens is 2. The van der Waals surface area contributed by atoms with Crippen LogP contribution in [0.25, 0.3) is 0 Å². The van der Waals surface area contributed by atoms with Crippen molar-refractivity contribution in [1.82, 2.24) is 5.32 Å². The highest BCUT2D eigenvalue weighted by Crippen LogP contribution is 2.24. The lowest BCUT2D eigenvalue weighted by Gasteiger charge is -2.26. The van der Waals surface area contributed by atoms with Crippen LogP contribution in [0.5, 0.6) is 0 Å². The van der Waals surface area contributed by atoms with Crippen molar-refractivity contribution in [3.05, 3.63) is 35.9 Å². The topological polar surface area (TPSA) is 24.4 Å². The number of rotatable bonds is 4. The lowest BCUT2D eigenvalue weighted by molar-refractivity contribution is 0.411. The minimum absolute atomic E-state index is 0. The molecule has 0 unspecified atom stereocenters. The number of thioether (sulfide) groups is 1. The van der Waals surface area contributed by atoms with Crippen molar-refractivity contribution in [2.45, 2.75) is 82.0 Å². The molecule has 0 heterocycles. The van der Waals surface area contributed by atoms with Gasteiger partial charge in [0, 0.05) is 11.8 Å². The first kappa shape index (κ1) is 22.7. The minimum Gasteiger partial charge on any atom is -0.362 e. The molecule has 3 rings (SSSR count). The fraction of sp³-hybridized carbons (Fsp3) is 0.650. The first-order valence-electron chi connectivity index (χ1n) is 9.41. The number of benzene rings is 1. The summed E-state index contributed by atoms with van der Waals surface area (Å²) in [4.78, 5) is 5.11. The summed E-state index contributed by atoms with van der Waals surface area (Å²) in [5, 5.41) is 4.99. The van der Waals surface area contributed by atoms with Crippen molar-refractivity contribution in [2.75, 3.05) is 0 Å². The quantitative estimate of drug-likeness (QED) is 0.466. The van der Waals surface area contributed by atoms with Crippen LogP contribution in [0.15, 0.2) is 35.3 Å². The number of hydrogen-bond acceptors (Lipinski definition) is 2. The Balaban J connectivity index is 0.00000156. The lowest BCUT2D eigenvalue weighted by atomic mass is 9.95. The van der Waals surface area contributed by atoms with Crippen molar-refractivity contribution < 1.29 is 0 Å². The average Bonchev–Trinajstić information content (AvgIpc) is 2.62. The van der Waals surface area contributed by atoms with Crippen molar-refractivity contribution in [3.8, 4) is 0 Å². The molecule has 5 heteroatoms. The highest BCUT2D eigenvalue weighted by molar-refractivity contribution is 8.13. The second-order valence-corrected chi connectivity index (χ2v) is 7.94. The molecule has 1 aromatic rings. The Morgan fingerprint density at radius 1 is 0.880 bits per heavy atom. The first-order chi connectivity index (χ1) is 11.4. The van der Waals surface area contributed by atoms with Crippen LogP contribution >= 0.6 is 36.6 Å². The third kappa shape index (κ3) is 8.23. The third-order valence-corrected chi connectivity index (χ3v) is 6.00. The van der Waals surface area contributed by atoms with Gasteiger partial charge in [0.15, 0.2) is 5.17 Å². The van der Waals surface area contributed by atoms with Crippen LogP contribution in [-0.4, -0.2) is 17.3 Å². The summed E-state index contributed by atoms with van der Waals surface area (Å²) < 4.78 is 0. The minimum atomic E-state index is 0. The molecule has 142 valence electrons. The van der Waals surface area contributed by atoms with Gasteiger partial charge in [-0.05, 0) is 31.2 Å². The number of hydrogen-bond donors (Lipinski definition) is 1. The Kier molecular flexibility index (Phi) is 11.7. The fourth-order valence-electron chi connectivity index (χ4n) is 3.64. The Bertz CT molecular complexity index is 484. The van der Waals surface area contributed by atoms with Crippen LogP contribution in [0, 0.1) is 0 Å². The predicted molar refractivity (Wildman–Crippen MR) is 117 cm³/mol. The second kappa shape index (κ2) is 12.9. The van der Waals surface area contributed by atoms with Crippen LogP contribution in [0.4, 0.5) is 0 Å². The van der Waals surface area contributed by atoms with E-state index in [2.05, 4.69) is 35.6 Å². The van der Waals surface area contributed by atoms with Crippen LogP contribution < -0.4 is 5.32 Å². The maximum atomic E-state index is 5.11. The molecule has 0 aliphatic heterocycles. The van der Waals surface area contributed by atoms with E-state index in [1.165, 1.54) is 74.9 Å². The summed E-state index contributed by atoms with van der Waals surface area (Å²) in [5.74, 6) is 1.02. The van der Waals surface area contributed by atoms with Crippen molar-refractivity contribution >= 4 is 41.7 Å². The molecule has 0 bridgehead atoms. The van der Waals surface area contributed by atoms with Gasteiger partial charge in [-0.2, -0.15) is 0 Å². The maximum absolute atomic E-state index is 5.11. The van der Waals surface area contributed by atoms with E-state index in [4.69, 9.17) is 4.99 Å². The zero-order valence-electron chi connectivity index (χ0n) is 15.0. The van der Waals surface area contributed by atoms with E-state index >= 15 is 0 Å². The van der Waals surface area contributed by atoms with Gasteiger partial charge in [-0.1, -0.05) is 80.6 Å². The smallest absolute Gasteiger partial charge is 0.157 e. The van der Waals surface area contributed by atoms with Gasteiger partial charge >= 0.3 is 0 Å². The van der Waals surface area contributed by atoms with Gasteiger partial charge in [-0.15, -0.1) is 24.8 Å². The molecule has 2 fully saturated rings. The SMILES string of the molecule is Cl.Cl.c1ccc(CSC(=NC2CCCCC2)NC2CCCCC2)cc1. The molecule has 0 aromatic heterocycles. The van der Waals surface area contributed by atoms with Crippen LogP contribution in [0.1, 0.15) is 69.8 Å². The summed E-state index contributed by atoms with van der Waals surface area (Å²) in [6, 6.07) is 12.0.